The fourth-order valence-corrected chi connectivity index (χ4v) is 1.45. The highest BCUT2D eigenvalue weighted by atomic mass is 15.1. The van der Waals surface area contributed by atoms with Gasteiger partial charge in [-0.3, -0.25) is 0 Å². The van der Waals surface area contributed by atoms with E-state index >= 15 is 0 Å². The number of benzene rings is 1. The highest BCUT2D eigenvalue weighted by molar-refractivity contribution is 5.28. The third-order valence-electron chi connectivity index (χ3n) is 2.35. The number of anilines is 1. The molecule has 2 N–H and O–H groups in total. The molecule has 0 aliphatic carbocycles. The first-order valence-electron chi connectivity index (χ1n) is 4.58. The fourth-order valence-electron chi connectivity index (χ4n) is 1.45. The Hall–Kier alpha value is -1.77. The van der Waals surface area contributed by atoms with Crippen LogP contribution in [0.1, 0.15) is 11.1 Å². The van der Waals surface area contributed by atoms with Gasteiger partial charge in [-0.05, 0) is 18.1 Å². The Kier molecular flexibility index (Phi) is 2.23. The van der Waals surface area contributed by atoms with Crippen LogP contribution >= 0.6 is 0 Å². The van der Waals surface area contributed by atoms with Gasteiger partial charge in [-0.1, -0.05) is 24.3 Å². The molecule has 3 nitrogen and oxygen atoms in total. The Bertz CT molecular complexity index is 432. The quantitative estimate of drug-likeness (QED) is 0.779. The Morgan fingerprint density at radius 1 is 1.36 bits per heavy atom. The van der Waals surface area contributed by atoms with Crippen molar-refractivity contribution < 1.29 is 0 Å². The van der Waals surface area contributed by atoms with E-state index in [1.54, 1.807) is 6.20 Å². The van der Waals surface area contributed by atoms with Gasteiger partial charge in [0.25, 0.3) is 0 Å². The molecule has 0 fully saturated rings. The molecule has 1 aromatic heterocycles. The van der Waals surface area contributed by atoms with E-state index in [0.29, 0.717) is 5.95 Å². The Balaban J connectivity index is 2.28. The van der Waals surface area contributed by atoms with Gasteiger partial charge in [0, 0.05) is 12.4 Å². The summed E-state index contributed by atoms with van der Waals surface area (Å²) in [5.41, 5.74) is 8.24. The molecule has 2 rings (SSSR count). The van der Waals surface area contributed by atoms with Crippen LogP contribution in [0.4, 0.5) is 5.95 Å². The zero-order valence-electron chi connectivity index (χ0n) is 8.14. The predicted octanol–water partition coefficient (Wildman–Crippen LogP) is 1.82. The molecule has 0 bridgehead atoms. The maximum atomic E-state index is 5.69. The van der Waals surface area contributed by atoms with Gasteiger partial charge < -0.3 is 10.3 Å². The smallest absolute Gasteiger partial charge is 0.200 e. The van der Waals surface area contributed by atoms with Crippen molar-refractivity contribution in [2.75, 3.05) is 5.73 Å². The summed E-state index contributed by atoms with van der Waals surface area (Å²) in [5, 5.41) is 0. The molecule has 0 amide bonds. The molecule has 1 aromatic carbocycles. The second kappa shape index (κ2) is 3.54. The van der Waals surface area contributed by atoms with Crippen LogP contribution in [0.5, 0.6) is 0 Å². The Morgan fingerprint density at radius 2 is 2.14 bits per heavy atom. The maximum absolute atomic E-state index is 5.69. The molecular formula is C11H13N3. The SMILES string of the molecule is Cc1ccccc1Cn1ccnc1N. The van der Waals surface area contributed by atoms with Gasteiger partial charge in [0.05, 0.1) is 6.54 Å². The molecule has 0 saturated heterocycles. The molecule has 0 atom stereocenters. The van der Waals surface area contributed by atoms with Gasteiger partial charge in [-0.2, -0.15) is 0 Å². The van der Waals surface area contributed by atoms with Crippen LogP contribution in [-0.2, 0) is 6.54 Å². The van der Waals surface area contributed by atoms with Crippen molar-refractivity contribution in [1.82, 2.24) is 9.55 Å². The molecule has 0 aliphatic rings. The van der Waals surface area contributed by atoms with E-state index in [2.05, 4.69) is 24.0 Å². The monoisotopic (exact) mass is 187 g/mol. The molecule has 0 radical (unpaired) electrons. The van der Waals surface area contributed by atoms with Crippen molar-refractivity contribution in [2.45, 2.75) is 13.5 Å². The molecule has 1 heterocycles. The first-order valence-corrected chi connectivity index (χ1v) is 4.58. The number of aryl methyl sites for hydroxylation is 1. The molecule has 2 aromatic rings. The summed E-state index contributed by atoms with van der Waals surface area (Å²) >= 11 is 0. The lowest BCUT2D eigenvalue weighted by molar-refractivity contribution is 0.805. The predicted molar refractivity (Wildman–Crippen MR) is 56.9 cm³/mol. The summed E-state index contributed by atoms with van der Waals surface area (Å²) < 4.78 is 1.93. The van der Waals surface area contributed by atoms with Gasteiger partial charge in [0.15, 0.2) is 5.95 Å². The summed E-state index contributed by atoms with van der Waals surface area (Å²) in [4.78, 5) is 3.98. The fraction of sp³-hybridized carbons (Fsp3) is 0.182. The number of imidazole rings is 1. The second-order valence-electron chi connectivity index (χ2n) is 3.34. The summed E-state index contributed by atoms with van der Waals surface area (Å²) in [7, 11) is 0. The molecule has 0 unspecified atom stereocenters. The normalized spacial score (nSPS) is 10.4. The van der Waals surface area contributed by atoms with E-state index in [0.717, 1.165) is 6.54 Å². The van der Waals surface area contributed by atoms with E-state index < -0.39 is 0 Å². The first kappa shape index (κ1) is 8.81. The van der Waals surface area contributed by atoms with E-state index in [4.69, 9.17) is 5.73 Å². The van der Waals surface area contributed by atoms with Crippen LogP contribution in [0.3, 0.4) is 0 Å². The third-order valence-corrected chi connectivity index (χ3v) is 2.35. The van der Waals surface area contributed by atoms with Crippen molar-refractivity contribution in [3.05, 3.63) is 47.8 Å². The number of aromatic nitrogens is 2. The van der Waals surface area contributed by atoms with Gasteiger partial charge in [-0.15, -0.1) is 0 Å². The van der Waals surface area contributed by atoms with Gasteiger partial charge in [0.1, 0.15) is 0 Å². The average molecular weight is 187 g/mol. The summed E-state index contributed by atoms with van der Waals surface area (Å²) in [6.07, 6.45) is 3.61. The van der Waals surface area contributed by atoms with Gasteiger partial charge in [0.2, 0.25) is 0 Å². The van der Waals surface area contributed by atoms with E-state index in [9.17, 15) is 0 Å². The first-order chi connectivity index (χ1) is 6.77. The molecular weight excluding hydrogens is 174 g/mol. The highest BCUT2D eigenvalue weighted by Gasteiger charge is 2.00. The number of hydrogen-bond acceptors (Lipinski definition) is 2. The van der Waals surface area contributed by atoms with E-state index in [-0.39, 0.29) is 0 Å². The minimum absolute atomic E-state index is 0.563. The van der Waals surface area contributed by atoms with E-state index in [1.807, 2.05) is 22.9 Å². The van der Waals surface area contributed by atoms with Crippen LogP contribution in [-0.4, -0.2) is 9.55 Å². The van der Waals surface area contributed by atoms with Crippen molar-refractivity contribution in [1.29, 1.82) is 0 Å². The zero-order valence-corrected chi connectivity index (χ0v) is 8.14. The number of nitrogens with two attached hydrogens (primary N) is 1. The van der Waals surface area contributed by atoms with Gasteiger partial charge >= 0.3 is 0 Å². The lowest BCUT2D eigenvalue weighted by Gasteiger charge is -2.07. The topological polar surface area (TPSA) is 43.8 Å². The molecule has 14 heavy (non-hydrogen) atoms. The van der Waals surface area contributed by atoms with Crippen molar-refractivity contribution in [3.63, 3.8) is 0 Å². The highest BCUT2D eigenvalue weighted by Crippen LogP contribution is 2.10. The summed E-state index contributed by atoms with van der Waals surface area (Å²) in [6, 6.07) is 8.28. The Labute approximate surface area is 83.2 Å². The lowest BCUT2D eigenvalue weighted by atomic mass is 10.1. The standard InChI is InChI=1S/C11H13N3/c1-9-4-2-3-5-10(9)8-14-7-6-13-11(14)12/h2-7H,8H2,1H3,(H2,12,13). The minimum Gasteiger partial charge on any atom is -0.369 e. The van der Waals surface area contributed by atoms with Crippen LogP contribution in [0.25, 0.3) is 0 Å². The van der Waals surface area contributed by atoms with Crippen molar-refractivity contribution in [3.8, 4) is 0 Å². The minimum atomic E-state index is 0.563. The molecule has 72 valence electrons. The van der Waals surface area contributed by atoms with Crippen molar-refractivity contribution in [2.24, 2.45) is 0 Å². The van der Waals surface area contributed by atoms with Gasteiger partial charge in [-0.25, -0.2) is 4.98 Å². The maximum Gasteiger partial charge on any atom is 0.200 e. The average Bonchev–Trinajstić information content (AvgIpc) is 2.56. The van der Waals surface area contributed by atoms with E-state index in [1.165, 1.54) is 11.1 Å². The van der Waals surface area contributed by atoms with Crippen LogP contribution in [0.2, 0.25) is 0 Å². The van der Waals surface area contributed by atoms with Crippen LogP contribution < -0.4 is 5.73 Å². The second-order valence-corrected chi connectivity index (χ2v) is 3.34. The molecule has 3 heteroatoms. The number of rotatable bonds is 2. The van der Waals surface area contributed by atoms with Crippen LogP contribution in [0, 0.1) is 6.92 Å². The summed E-state index contributed by atoms with van der Waals surface area (Å²) in [6.45, 7) is 2.89. The zero-order chi connectivity index (χ0) is 9.97. The molecule has 0 spiro atoms. The largest absolute Gasteiger partial charge is 0.369 e. The lowest BCUT2D eigenvalue weighted by Crippen LogP contribution is -2.04. The number of nitrogens with zero attached hydrogens (tertiary/aromatic N) is 2. The summed E-state index contributed by atoms with van der Waals surface area (Å²) in [5.74, 6) is 0.563. The molecule has 0 saturated carbocycles. The Morgan fingerprint density at radius 3 is 2.79 bits per heavy atom. The van der Waals surface area contributed by atoms with Crippen LogP contribution in [0.15, 0.2) is 36.7 Å². The van der Waals surface area contributed by atoms with Crippen molar-refractivity contribution >= 4 is 5.95 Å². The third kappa shape index (κ3) is 1.62. The number of hydrogen-bond donors (Lipinski definition) is 1. The number of nitrogen functional groups attached to an aromatic ring is 1. The molecule has 0 aliphatic heterocycles.